The quantitative estimate of drug-likeness (QED) is 0.721. The summed E-state index contributed by atoms with van der Waals surface area (Å²) in [4.78, 5) is 11.8. The molecular formula is C18H18N4O3. The van der Waals surface area contributed by atoms with Crippen LogP contribution in [0.1, 0.15) is 35.8 Å². The molecule has 0 aliphatic rings. The number of carbonyl (C=O) groups is 1. The summed E-state index contributed by atoms with van der Waals surface area (Å²) < 4.78 is 8.41. The fourth-order valence-electron chi connectivity index (χ4n) is 2.71. The highest BCUT2D eigenvalue weighted by Gasteiger charge is 2.15. The van der Waals surface area contributed by atoms with Gasteiger partial charge in [0.15, 0.2) is 0 Å². The first-order chi connectivity index (χ1) is 12.1. The van der Waals surface area contributed by atoms with Gasteiger partial charge in [0.2, 0.25) is 0 Å². The molecule has 2 heterocycles. The van der Waals surface area contributed by atoms with Crippen molar-refractivity contribution in [3.05, 3.63) is 47.9 Å². The lowest BCUT2D eigenvalue weighted by Crippen LogP contribution is -2.07. The normalized spacial score (nSPS) is 12.1. The van der Waals surface area contributed by atoms with Crippen molar-refractivity contribution in [1.82, 2.24) is 14.3 Å². The van der Waals surface area contributed by atoms with E-state index in [1.54, 1.807) is 24.0 Å². The van der Waals surface area contributed by atoms with Crippen LogP contribution in [0.2, 0.25) is 0 Å². The highest BCUT2D eigenvalue weighted by molar-refractivity contribution is 5.90. The van der Waals surface area contributed by atoms with E-state index in [2.05, 4.69) is 11.2 Å². The first-order valence-electron chi connectivity index (χ1n) is 7.96. The van der Waals surface area contributed by atoms with Crippen LogP contribution in [0.4, 0.5) is 0 Å². The minimum absolute atomic E-state index is 0.0154. The van der Waals surface area contributed by atoms with Crippen LogP contribution in [0, 0.1) is 11.3 Å². The number of nitrogens with zero attached hydrogens (tertiary/aromatic N) is 4. The SMILES string of the molecule is CCOC(=O)c1cnn(-c2ccc3c(c2)c(C#N)cn3C(C)CO)c1. The van der Waals surface area contributed by atoms with Gasteiger partial charge in [-0.1, -0.05) is 0 Å². The first kappa shape index (κ1) is 16.7. The van der Waals surface area contributed by atoms with Crippen LogP contribution in [0.5, 0.6) is 0 Å². The number of hydrogen-bond acceptors (Lipinski definition) is 5. The minimum atomic E-state index is -0.421. The van der Waals surface area contributed by atoms with Gasteiger partial charge in [0.25, 0.3) is 0 Å². The average molecular weight is 338 g/mol. The number of benzene rings is 1. The molecule has 0 saturated carbocycles. The Morgan fingerprint density at radius 2 is 2.24 bits per heavy atom. The van der Waals surface area contributed by atoms with E-state index in [0.29, 0.717) is 17.7 Å². The molecule has 128 valence electrons. The molecule has 0 aliphatic heterocycles. The van der Waals surface area contributed by atoms with E-state index in [1.165, 1.54) is 6.20 Å². The number of carbonyl (C=O) groups excluding carboxylic acids is 1. The van der Waals surface area contributed by atoms with Crippen molar-refractivity contribution in [2.75, 3.05) is 13.2 Å². The van der Waals surface area contributed by atoms with Crippen LogP contribution in [0.15, 0.2) is 36.8 Å². The lowest BCUT2D eigenvalue weighted by molar-refractivity contribution is 0.0526. The minimum Gasteiger partial charge on any atom is -0.462 e. The van der Waals surface area contributed by atoms with Crippen molar-refractivity contribution in [2.45, 2.75) is 19.9 Å². The van der Waals surface area contributed by atoms with Crippen molar-refractivity contribution in [1.29, 1.82) is 5.26 Å². The number of aliphatic hydroxyl groups is 1. The van der Waals surface area contributed by atoms with Gasteiger partial charge >= 0.3 is 5.97 Å². The van der Waals surface area contributed by atoms with Gasteiger partial charge in [-0.25, -0.2) is 9.48 Å². The molecule has 0 fully saturated rings. The van der Waals surface area contributed by atoms with Gasteiger partial charge in [-0.2, -0.15) is 10.4 Å². The number of esters is 1. The summed E-state index contributed by atoms with van der Waals surface area (Å²) >= 11 is 0. The molecule has 0 amide bonds. The number of rotatable bonds is 5. The molecule has 3 aromatic rings. The summed E-state index contributed by atoms with van der Waals surface area (Å²) in [6.45, 7) is 3.92. The van der Waals surface area contributed by atoms with Gasteiger partial charge in [0.1, 0.15) is 6.07 Å². The molecule has 1 aromatic carbocycles. The summed E-state index contributed by atoms with van der Waals surface area (Å²) in [6, 6.07) is 7.63. The van der Waals surface area contributed by atoms with Crippen molar-refractivity contribution in [3.8, 4) is 11.8 Å². The third-order valence-corrected chi connectivity index (χ3v) is 4.03. The molecule has 0 bridgehead atoms. The summed E-state index contributed by atoms with van der Waals surface area (Å²) in [5.41, 5.74) is 2.48. The van der Waals surface area contributed by atoms with Crippen LogP contribution in [-0.4, -0.2) is 38.6 Å². The number of fused-ring (bicyclic) bond motifs is 1. The molecule has 1 unspecified atom stereocenters. The fourth-order valence-corrected chi connectivity index (χ4v) is 2.71. The fraction of sp³-hybridized carbons (Fsp3) is 0.278. The number of hydrogen-bond donors (Lipinski definition) is 1. The molecule has 0 aliphatic carbocycles. The molecular weight excluding hydrogens is 320 g/mol. The van der Waals surface area contributed by atoms with Crippen LogP contribution in [-0.2, 0) is 4.74 Å². The monoisotopic (exact) mass is 338 g/mol. The van der Waals surface area contributed by atoms with E-state index >= 15 is 0 Å². The van der Waals surface area contributed by atoms with Crippen molar-refractivity contribution in [3.63, 3.8) is 0 Å². The highest BCUT2D eigenvalue weighted by atomic mass is 16.5. The van der Waals surface area contributed by atoms with Crippen LogP contribution >= 0.6 is 0 Å². The van der Waals surface area contributed by atoms with Gasteiger partial charge in [0, 0.05) is 23.3 Å². The van der Waals surface area contributed by atoms with Gasteiger partial charge in [-0.15, -0.1) is 0 Å². The third kappa shape index (κ3) is 2.99. The Balaban J connectivity index is 2.05. The topological polar surface area (TPSA) is 93.1 Å². The molecule has 1 N–H and O–H groups in total. The second-order valence-electron chi connectivity index (χ2n) is 5.69. The lowest BCUT2D eigenvalue weighted by atomic mass is 10.1. The van der Waals surface area contributed by atoms with Gasteiger partial charge in [-0.05, 0) is 32.0 Å². The van der Waals surface area contributed by atoms with Crippen LogP contribution in [0.25, 0.3) is 16.6 Å². The largest absolute Gasteiger partial charge is 0.462 e. The molecule has 0 radical (unpaired) electrons. The second-order valence-corrected chi connectivity index (χ2v) is 5.69. The number of ether oxygens (including phenoxy) is 1. The van der Waals surface area contributed by atoms with Crippen molar-refractivity contribution >= 4 is 16.9 Å². The van der Waals surface area contributed by atoms with Crippen LogP contribution in [0.3, 0.4) is 0 Å². The Labute approximate surface area is 144 Å². The molecule has 0 spiro atoms. The van der Waals surface area contributed by atoms with Crippen LogP contribution < -0.4 is 0 Å². The summed E-state index contributed by atoms with van der Waals surface area (Å²) in [5.74, 6) is -0.421. The van der Waals surface area contributed by atoms with E-state index in [0.717, 1.165) is 16.6 Å². The maximum Gasteiger partial charge on any atom is 0.341 e. The molecule has 25 heavy (non-hydrogen) atoms. The molecule has 3 rings (SSSR count). The average Bonchev–Trinajstić information content (AvgIpc) is 3.25. The van der Waals surface area contributed by atoms with E-state index in [4.69, 9.17) is 4.74 Å². The Morgan fingerprint density at radius 3 is 2.92 bits per heavy atom. The summed E-state index contributed by atoms with van der Waals surface area (Å²) in [7, 11) is 0. The van der Waals surface area contributed by atoms with E-state index in [1.807, 2.05) is 29.7 Å². The molecule has 7 heteroatoms. The number of nitriles is 1. The van der Waals surface area contributed by atoms with E-state index in [9.17, 15) is 15.2 Å². The van der Waals surface area contributed by atoms with E-state index < -0.39 is 5.97 Å². The third-order valence-electron chi connectivity index (χ3n) is 4.03. The Kier molecular flexibility index (Phi) is 4.55. The smallest absolute Gasteiger partial charge is 0.341 e. The Bertz CT molecular complexity index is 965. The zero-order valence-electron chi connectivity index (χ0n) is 14.0. The lowest BCUT2D eigenvalue weighted by Gasteiger charge is -2.12. The zero-order chi connectivity index (χ0) is 18.0. The second kappa shape index (κ2) is 6.79. The first-order valence-corrected chi connectivity index (χ1v) is 7.96. The summed E-state index contributed by atoms with van der Waals surface area (Å²) in [6.07, 6.45) is 4.79. The van der Waals surface area contributed by atoms with Crippen molar-refractivity contribution < 1.29 is 14.6 Å². The Morgan fingerprint density at radius 1 is 1.44 bits per heavy atom. The van der Waals surface area contributed by atoms with Gasteiger partial charge < -0.3 is 14.4 Å². The maximum atomic E-state index is 11.8. The predicted molar refractivity (Wildman–Crippen MR) is 91.5 cm³/mol. The maximum absolute atomic E-state index is 11.8. The van der Waals surface area contributed by atoms with E-state index in [-0.39, 0.29) is 12.6 Å². The van der Waals surface area contributed by atoms with Gasteiger partial charge in [0.05, 0.1) is 42.3 Å². The standard InChI is InChI=1S/C18H18N4O3/c1-3-25-18(24)14-8-20-22(10-14)15-4-5-17-16(6-15)13(7-19)9-21(17)12(2)11-23/h4-6,8-10,12,23H,3,11H2,1-2H3. The molecule has 7 nitrogen and oxygen atoms in total. The highest BCUT2D eigenvalue weighted by Crippen LogP contribution is 2.26. The van der Waals surface area contributed by atoms with Crippen molar-refractivity contribution in [2.24, 2.45) is 0 Å². The molecule has 0 saturated heterocycles. The summed E-state index contributed by atoms with van der Waals surface area (Å²) in [5, 5.41) is 23.8. The number of aromatic nitrogens is 3. The van der Waals surface area contributed by atoms with Gasteiger partial charge in [-0.3, -0.25) is 0 Å². The number of aliphatic hydroxyl groups excluding tert-OH is 1. The molecule has 1 atom stereocenters. The zero-order valence-corrected chi connectivity index (χ0v) is 14.0. The predicted octanol–water partition coefficient (Wildman–Crippen LogP) is 2.43. The molecule has 2 aromatic heterocycles. The Hall–Kier alpha value is -3.11.